The van der Waals surface area contributed by atoms with Gasteiger partial charge in [0.25, 0.3) is 11.8 Å². The maximum Gasteiger partial charge on any atom is 0.320 e. The first-order valence-electron chi connectivity index (χ1n) is 12.5. The second-order valence-corrected chi connectivity index (χ2v) is 9.88. The van der Waals surface area contributed by atoms with Gasteiger partial charge in [0, 0.05) is 13.1 Å². The molecule has 198 valence electrons. The van der Waals surface area contributed by atoms with Crippen LogP contribution in [0.4, 0.5) is 4.39 Å². The molecule has 3 aromatic carbocycles. The number of rotatable bonds is 11. The van der Waals surface area contributed by atoms with E-state index < -0.39 is 41.6 Å². The van der Waals surface area contributed by atoms with Crippen molar-refractivity contribution in [2.45, 2.75) is 45.3 Å². The minimum Gasteiger partial charge on any atom is -0.480 e. The number of imide groups is 1. The van der Waals surface area contributed by atoms with E-state index in [2.05, 4.69) is 10.6 Å². The van der Waals surface area contributed by atoms with E-state index in [1.165, 1.54) is 12.1 Å². The van der Waals surface area contributed by atoms with Crippen molar-refractivity contribution in [3.8, 4) is 0 Å². The van der Waals surface area contributed by atoms with Crippen molar-refractivity contribution in [2.75, 3.05) is 6.54 Å². The Labute approximate surface area is 219 Å². The first-order chi connectivity index (χ1) is 18.1. The van der Waals surface area contributed by atoms with Gasteiger partial charge < -0.3 is 10.4 Å². The number of carbonyl (C=O) groups excluding carboxylic acids is 3. The minimum absolute atomic E-state index is 0.0761. The summed E-state index contributed by atoms with van der Waals surface area (Å²) < 4.78 is 13.5. The fourth-order valence-corrected chi connectivity index (χ4v) is 4.64. The maximum absolute atomic E-state index is 13.5. The lowest BCUT2D eigenvalue weighted by molar-refractivity contribution is -0.140. The van der Waals surface area contributed by atoms with Gasteiger partial charge in [-0.3, -0.25) is 29.4 Å². The lowest BCUT2D eigenvalue weighted by Gasteiger charge is -2.25. The summed E-state index contributed by atoms with van der Waals surface area (Å²) in [6, 6.07) is 14.6. The van der Waals surface area contributed by atoms with Gasteiger partial charge in [0.15, 0.2) is 0 Å². The summed E-state index contributed by atoms with van der Waals surface area (Å²) in [4.78, 5) is 52.1. The number of fused-ring (bicyclic) bond motifs is 2. The van der Waals surface area contributed by atoms with E-state index in [9.17, 15) is 28.7 Å². The molecule has 0 bridgehead atoms. The number of hydrogen-bond donors (Lipinski definition) is 3. The zero-order chi connectivity index (χ0) is 27.4. The van der Waals surface area contributed by atoms with E-state index in [0.717, 1.165) is 15.7 Å². The highest BCUT2D eigenvalue weighted by Gasteiger charge is 2.37. The van der Waals surface area contributed by atoms with E-state index >= 15 is 0 Å². The minimum atomic E-state index is -1.20. The quantitative estimate of drug-likeness (QED) is 0.333. The second kappa shape index (κ2) is 11.5. The summed E-state index contributed by atoms with van der Waals surface area (Å²) in [6.07, 6.45) is 0.282. The van der Waals surface area contributed by atoms with Crippen molar-refractivity contribution >= 4 is 34.5 Å². The molecule has 0 radical (unpaired) electrons. The Morgan fingerprint density at radius 2 is 1.55 bits per heavy atom. The van der Waals surface area contributed by atoms with E-state index in [1.807, 2.05) is 38.1 Å². The molecule has 8 nitrogen and oxygen atoms in total. The average Bonchev–Trinajstić information content (AvgIpc) is 3.11. The Kier molecular flexibility index (Phi) is 8.16. The van der Waals surface area contributed by atoms with Crippen LogP contribution in [0.3, 0.4) is 0 Å². The van der Waals surface area contributed by atoms with Crippen molar-refractivity contribution in [1.82, 2.24) is 15.5 Å². The summed E-state index contributed by atoms with van der Waals surface area (Å²) in [5.41, 5.74) is 1.17. The van der Waals surface area contributed by atoms with Crippen LogP contribution in [0.15, 0.2) is 60.7 Å². The first-order valence-corrected chi connectivity index (χ1v) is 12.5. The molecule has 0 fully saturated rings. The van der Waals surface area contributed by atoms with Gasteiger partial charge in [-0.15, -0.1) is 0 Å². The molecule has 38 heavy (non-hydrogen) atoms. The SMILES string of the molecule is CC(C)CC(NC(CCN1C(=O)c2cc3ccccc3cc2C1=O)C(=O)O)C(=O)NCc1cccc(F)c1. The maximum atomic E-state index is 13.5. The summed E-state index contributed by atoms with van der Waals surface area (Å²) >= 11 is 0. The Morgan fingerprint density at radius 3 is 2.11 bits per heavy atom. The average molecular weight is 520 g/mol. The molecule has 0 aromatic heterocycles. The Balaban J connectivity index is 1.43. The van der Waals surface area contributed by atoms with Crippen LogP contribution in [0.2, 0.25) is 0 Å². The van der Waals surface area contributed by atoms with Crippen LogP contribution in [0.1, 0.15) is 53.0 Å². The number of nitrogens with one attached hydrogen (secondary N) is 2. The van der Waals surface area contributed by atoms with Crippen molar-refractivity contribution in [1.29, 1.82) is 0 Å². The molecule has 2 unspecified atom stereocenters. The summed E-state index contributed by atoms with van der Waals surface area (Å²) in [5.74, 6) is -2.88. The van der Waals surface area contributed by atoms with Gasteiger partial charge in [0.2, 0.25) is 5.91 Å². The number of nitrogens with zero attached hydrogens (tertiary/aromatic N) is 1. The fraction of sp³-hybridized carbons (Fsp3) is 0.310. The monoisotopic (exact) mass is 519 g/mol. The van der Waals surface area contributed by atoms with Crippen molar-refractivity contribution in [3.63, 3.8) is 0 Å². The Bertz CT molecular complexity index is 1340. The van der Waals surface area contributed by atoms with Crippen molar-refractivity contribution in [2.24, 2.45) is 5.92 Å². The summed E-state index contributed by atoms with van der Waals surface area (Å²) in [6.45, 7) is 3.79. The standard InChI is InChI=1S/C29H30FN3O5/c1-17(2)12-25(26(34)31-16-18-6-5-9-21(30)13-18)32-24(29(37)38)10-11-33-27(35)22-14-19-7-3-4-8-20(19)15-23(22)28(33)36/h3-9,13-15,17,24-25,32H,10-12,16H2,1-2H3,(H,31,34)(H,37,38). The van der Waals surface area contributed by atoms with Crippen LogP contribution >= 0.6 is 0 Å². The lowest BCUT2D eigenvalue weighted by atomic mass is 10.0. The normalized spacial score (nSPS) is 14.6. The highest BCUT2D eigenvalue weighted by atomic mass is 19.1. The van der Waals surface area contributed by atoms with Crippen LogP contribution in [-0.2, 0) is 16.1 Å². The summed E-state index contributed by atoms with van der Waals surface area (Å²) in [5, 5.41) is 17.2. The number of hydrogen-bond acceptors (Lipinski definition) is 5. The molecule has 0 spiro atoms. The molecular formula is C29H30FN3O5. The predicted octanol–water partition coefficient (Wildman–Crippen LogP) is 3.74. The van der Waals surface area contributed by atoms with Crippen molar-refractivity contribution in [3.05, 3.63) is 83.2 Å². The molecule has 3 aromatic rings. The zero-order valence-corrected chi connectivity index (χ0v) is 21.2. The van der Waals surface area contributed by atoms with E-state index in [-0.39, 0.29) is 25.4 Å². The fourth-order valence-electron chi connectivity index (χ4n) is 4.64. The van der Waals surface area contributed by atoms with Crippen LogP contribution in [0.25, 0.3) is 10.8 Å². The molecule has 3 amide bonds. The van der Waals surface area contributed by atoms with Crippen LogP contribution in [-0.4, -0.2) is 52.3 Å². The molecule has 1 aliphatic rings. The number of carbonyl (C=O) groups is 4. The van der Waals surface area contributed by atoms with Gasteiger partial charge in [-0.2, -0.15) is 0 Å². The number of aliphatic carboxylic acids is 1. The molecule has 3 N–H and O–H groups in total. The van der Waals surface area contributed by atoms with E-state index in [4.69, 9.17) is 0 Å². The topological polar surface area (TPSA) is 116 Å². The lowest BCUT2D eigenvalue weighted by Crippen LogP contribution is -2.52. The number of halogens is 1. The van der Waals surface area contributed by atoms with E-state index in [1.54, 1.807) is 24.3 Å². The molecule has 1 aliphatic heterocycles. The van der Waals surface area contributed by atoms with Gasteiger partial charge in [-0.1, -0.05) is 50.2 Å². The highest BCUT2D eigenvalue weighted by Crippen LogP contribution is 2.28. The molecule has 0 aliphatic carbocycles. The highest BCUT2D eigenvalue weighted by molar-refractivity contribution is 6.23. The molecular weight excluding hydrogens is 489 g/mol. The van der Waals surface area contributed by atoms with E-state index in [0.29, 0.717) is 23.1 Å². The largest absolute Gasteiger partial charge is 0.480 e. The number of carboxylic acid groups (broad SMARTS) is 1. The van der Waals surface area contributed by atoms with Gasteiger partial charge in [0.05, 0.1) is 17.2 Å². The molecule has 0 saturated heterocycles. The zero-order valence-electron chi connectivity index (χ0n) is 21.2. The van der Waals surface area contributed by atoms with Crippen molar-refractivity contribution < 1.29 is 28.7 Å². The third-order valence-electron chi connectivity index (χ3n) is 6.56. The number of amides is 3. The molecule has 2 atom stereocenters. The number of carboxylic acids is 1. The molecule has 1 heterocycles. The third kappa shape index (κ3) is 6.06. The van der Waals surface area contributed by atoms with Crippen LogP contribution < -0.4 is 10.6 Å². The van der Waals surface area contributed by atoms with Gasteiger partial charge >= 0.3 is 5.97 Å². The molecule has 4 rings (SSSR count). The van der Waals surface area contributed by atoms with Crippen LogP contribution in [0.5, 0.6) is 0 Å². The van der Waals surface area contributed by atoms with Gasteiger partial charge in [-0.25, -0.2) is 4.39 Å². The Hall–Kier alpha value is -4.11. The Morgan fingerprint density at radius 1 is 0.921 bits per heavy atom. The van der Waals surface area contributed by atoms with Crippen LogP contribution in [0, 0.1) is 11.7 Å². The third-order valence-corrected chi connectivity index (χ3v) is 6.56. The smallest absolute Gasteiger partial charge is 0.320 e. The molecule has 9 heteroatoms. The first kappa shape index (κ1) is 26.9. The summed E-state index contributed by atoms with van der Waals surface area (Å²) in [7, 11) is 0. The van der Waals surface area contributed by atoms with Gasteiger partial charge in [-0.05, 0) is 59.4 Å². The van der Waals surface area contributed by atoms with Gasteiger partial charge in [0.1, 0.15) is 11.9 Å². The molecule has 0 saturated carbocycles. The second-order valence-electron chi connectivity index (χ2n) is 9.88. The predicted molar refractivity (Wildman–Crippen MR) is 140 cm³/mol. The number of benzene rings is 3.